The van der Waals surface area contributed by atoms with E-state index in [9.17, 15) is 40.5 Å². The van der Waals surface area contributed by atoms with E-state index in [0.717, 1.165) is 38.5 Å². The number of hydrogen-bond acceptors (Lipinski definition) is 10. The smallest absolute Gasteiger partial charge is 0.249 e. The minimum Gasteiger partial charge on any atom is -0.394 e. The van der Waals surface area contributed by atoms with Crippen LogP contribution in [0, 0.1) is 0 Å². The average molecular weight is 1350 g/mol. The molecular formula is C84H165NO10. The number of carbonyl (C=O) groups is 1. The first kappa shape index (κ1) is 91.9. The molecule has 9 atom stereocenters. The summed E-state index contributed by atoms with van der Waals surface area (Å²) in [5.41, 5.74) is 0. The second-order valence-electron chi connectivity index (χ2n) is 30.3. The largest absolute Gasteiger partial charge is 0.394 e. The van der Waals surface area contributed by atoms with Crippen LogP contribution in [-0.2, 0) is 14.3 Å². The molecule has 0 bridgehead atoms. The van der Waals surface area contributed by atoms with Gasteiger partial charge in [-0.2, -0.15) is 0 Å². The molecule has 8 N–H and O–H groups in total. The highest BCUT2D eigenvalue weighted by molar-refractivity contribution is 5.80. The lowest BCUT2D eigenvalue weighted by Crippen LogP contribution is -2.60. The number of hydrogen-bond donors (Lipinski definition) is 8. The fourth-order valence-electron chi connectivity index (χ4n) is 14.3. The third-order valence-corrected chi connectivity index (χ3v) is 21.1. The van der Waals surface area contributed by atoms with Gasteiger partial charge < -0.3 is 50.5 Å². The molecule has 566 valence electrons. The molecule has 11 heteroatoms. The number of amides is 1. The molecule has 0 aromatic heterocycles. The summed E-state index contributed by atoms with van der Waals surface area (Å²) >= 11 is 0. The zero-order chi connectivity index (χ0) is 68.8. The van der Waals surface area contributed by atoms with E-state index in [2.05, 4.69) is 31.3 Å². The summed E-state index contributed by atoms with van der Waals surface area (Å²) in [4.78, 5) is 13.3. The van der Waals surface area contributed by atoms with Gasteiger partial charge in [0, 0.05) is 0 Å². The van der Waals surface area contributed by atoms with Gasteiger partial charge in [-0.3, -0.25) is 4.79 Å². The predicted octanol–water partition coefficient (Wildman–Crippen LogP) is 22.5. The van der Waals surface area contributed by atoms with Crippen LogP contribution in [0.3, 0.4) is 0 Å². The molecule has 1 fully saturated rings. The summed E-state index contributed by atoms with van der Waals surface area (Å²) < 4.78 is 11.2. The first-order valence-electron chi connectivity index (χ1n) is 42.6. The van der Waals surface area contributed by atoms with E-state index in [4.69, 9.17) is 9.47 Å². The van der Waals surface area contributed by atoms with Gasteiger partial charge in [0.25, 0.3) is 0 Å². The highest BCUT2D eigenvalue weighted by atomic mass is 16.7. The fraction of sp³-hybridized carbons (Fsp3) is 0.964. The normalized spacial score (nSPS) is 18.1. The summed E-state index contributed by atoms with van der Waals surface area (Å²) in [6.07, 6.45) is 82.1. The van der Waals surface area contributed by atoms with Gasteiger partial charge >= 0.3 is 0 Å². The lowest BCUT2D eigenvalue weighted by molar-refractivity contribution is -0.303. The van der Waals surface area contributed by atoms with Crippen LogP contribution in [0.1, 0.15) is 450 Å². The minimum absolute atomic E-state index is 0.265. The lowest BCUT2D eigenvalue weighted by atomic mass is 9.98. The van der Waals surface area contributed by atoms with Crippen molar-refractivity contribution >= 4 is 5.91 Å². The third kappa shape index (κ3) is 59.1. The molecule has 1 aliphatic heterocycles. The highest BCUT2D eigenvalue weighted by Gasteiger charge is 2.44. The van der Waals surface area contributed by atoms with Crippen LogP contribution in [0.5, 0.6) is 0 Å². The van der Waals surface area contributed by atoms with E-state index < -0.39 is 74.2 Å². The Morgan fingerprint density at radius 1 is 0.358 bits per heavy atom. The van der Waals surface area contributed by atoms with E-state index in [1.54, 1.807) is 0 Å². The van der Waals surface area contributed by atoms with E-state index in [-0.39, 0.29) is 6.42 Å². The number of ether oxygens (including phenoxy) is 2. The minimum atomic E-state index is -1.66. The van der Waals surface area contributed by atoms with Gasteiger partial charge in [0.1, 0.15) is 36.6 Å². The Morgan fingerprint density at radius 2 is 0.611 bits per heavy atom. The Bertz CT molecular complexity index is 1550. The van der Waals surface area contributed by atoms with E-state index in [1.165, 1.54) is 372 Å². The second-order valence-corrected chi connectivity index (χ2v) is 30.3. The number of aliphatic hydroxyl groups is 7. The number of nitrogens with one attached hydrogen (secondary N) is 1. The molecule has 0 aromatic rings. The standard InChI is InChI=1S/C84H165NO10/c1-3-5-7-9-11-13-15-17-19-21-23-25-27-29-31-33-35-36-37-38-39-40-41-42-44-46-48-50-52-54-56-58-60-62-64-66-68-70-72-77(88)83(93)85-75(74-94-84-82(92)81(91)80(90)78(73-86)95-84)79(89)76(87)71-69-67-65-63-61-59-57-55-53-51-49-47-45-43-34-32-30-28-26-24-22-20-18-16-14-12-10-8-6-4-2/h38-39,75-82,84,86-92H,3-37,40-74H2,1-2H3,(H,85,93)/b39-38-. The van der Waals surface area contributed by atoms with Crippen molar-refractivity contribution in [2.24, 2.45) is 0 Å². The molecule has 1 aliphatic rings. The topological polar surface area (TPSA) is 189 Å². The zero-order valence-corrected chi connectivity index (χ0v) is 63.2. The molecular weight excluding hydrogens is 1180 g/mol. The summed E-state index contributed by atoms with van der Waals surface area (Å²) in [6, 6.07) is -1.17. The van der Waals surface area contributed by atoms with Crippen LogP contribution in [-0.4, -0.2) is 110 Å². The Hall–Kier alpha value is -1.15. The fourth-order valence-corrected chi connectivity index (χ4v) is 14.3. The predicted molar refractivity (Wildman–Crippen MR) is 404 cm³/mol. The average Bonchev–Trinajstić information content (AvgIpc) is 0.832. The van der Waals surface area contributed by atoms with Crippen molar-refractivity contribution in [3.05, 3.63) is 12.2 Å². The number of aliphatic hydroxyl groups excluding tert-OH is 7. The van der Waals surface area contributed by atoms with E-state index in [1.807, 2.05) is 0 Å². The Labute approximate surface area is 589 Å². The SMILES string of the molecule is CCCCCCCCCCCCCCCCCCCC/C=C\CCCCCCCCCCCCCCCCCCC(O)C(=O)NC(COC1OC(CO)C(O)C(O)C1O)C(O)C(O)CCCCCCCCCCCCCCCCCCCCCCCCCCCCCCCC. The monoisotopic (exact) mass is 1350 g/mol. The number of unbranched alkanes of at least 4 members (excludes halogenated alkanes) is 63. The van der Waals surface area contributed by atoms with Crippen LogP contribution < -0.4 is 5.32 Å². The van der Waals surface area contributed by atoms with Gasteiger partial charge in [-0.15, -0.1) is 0 Å². The molecule has 0 aliphatic carbocycles. The van der Waals surface area contributed by atoms with Crippen LogP contribution in [0.4, 0.5) is 0 Å². The Kier molecular flexibility index (Phi) is 70.2. The molecule has 0 radical (unpaired) electrons. The maximum atomic E-state index is 13.3. The van der Waals surface area contributed by atoms with Gasteiger partial charge in [-0.1, -0.05) is 424 Å². The van der Waals surface area contributed by atoms with Crippen molar-refractivity contribution in [3.63, 3.8) is 0 Å². The molecule has 11 nitrogen and oxygen atoms in total. The van der Waals surface area contributed by atoms with Crippen molar-refractivity contribution in [1.29, 1.82) is 0 Å². The van der Waals surface area contributed by atoms with Crippen LogP contribution in [0.25, 0.3) is 0 Å². The Balaban J connectivity index is 2.09. The summed E-state index contributed by atoms with van der Waals surface area (Å²) in [6.45, 7) is 3.55. The maximum Gasteiger partial charge on any atom is 0.249 e. The van der Waals surface area contributed by atoms with Crippen molar-refractivity contribution in [2.75, 3.05) is 13.2 Å². The molecule has 1 saturated heterocycles. The summed E-state index contributed by atoms with van der Waals surface area (Å²) in [5, 5.41) is 76.9. The van der Waals surface area contributed by atoms with Crippen LogP contribution >= 0.6 is 0 Å². The van der Waals surface area contributed by atoms with Crippen LogP contribution in [0.2, 0.25) is 0 Å². The maximum absolute atomic E-state index is 13.3. The van der Waals surface area contributed by atoms with Crippen LogP contribution in [0.15, 0.2) is 12.2 Å². The van der Waals surface area contributed by atoms with Gasteiger partial charge in [-0.25, -0.2) is 0 Å². The number of rotatable bonds is 77. The van der Waals surface area contributed by atoms with Gasteiger partial charge in [-0.05, 0) is 38.5 Å². The molecule has 0 spiro atoms. The van der Waals surface area contributed by atoms with Gasteiger partial charge in [0.15, 0.2) is 6.29 Å². The molecule has 0 aromatic carbocycles. The first-order chi connectivity index (χ1) is 46.7. The second kappa shape index (κ2) is 72.6. The quantitative estimate of drug-likeness (QED) is 0.0215. The van der Waals surface area contributed by atoms with E-state index in [0.29, 0.717) is 19.3 Å². The number of carbonyl (C=O) groups excluding carboxylic acids is 1. The van der Waals surface area contributed by atoms with Crippen molar-refractivity contribution < 1.29 is 50.0 Å². The van der Waals surface area contributed by atoms with Crippen molar-refractivity contribution in [1.82, 2.24) is 5.32 Å². The molecule has 1 rings (SSSR count). The Morgan fingerprint density at radius 3 is 0.884 bits per heavy atom. The summed E-state index contributed by atoms with van der Waals surface area (Å²) in [7, 11) is 0. The van der Waals surface area contributed by atoms with E-state index >= 15 is 0 Å². The lowest BCUT2D eigenvalue weighted by Gasteiger charge is -2.40. The van der Waals surface area contributed by atoms with Crippen molar-refractivity contribution in [2.45, 2.75) is 506 Å². The third-order valence-electron chi connectivity index (χ3n) is 21.1. The number of allylic oxidation sites excluding steroid dienone is 2. The van der Waals surface area contributed by atoms with Crippen molar-refractivity contribution in [3.8, 4) is 0 Å². The highest BCUT2D eigenvalue weighted by Crippen LogP contribution is 2.25. The molecule has 1 amide bonds. The molecule has 9 unspecified atom stereocenters. The first-order valence-corrected chi connectivity index (χ1v) is 42.6. The zero-order valence-electron chi connectivity index (χ0n) is 63.2. The van der Waals surface area contributed by atoms with Gasteiger partial charge in [0.2, 0.25) is 5.91 Å². The summed E-state index contributed by atoms with van der Waals surface area (Å²) in [5.74, 6) is -0.686. The molecule has 1 heterocycles. The molecule has 95 heavy (non-hydrogen) atoms. The molecule has 0 saturated carbocycles. The van der Waals surface area contributed by atoms with Gasteiger partial charge in [0.05, 0.1) is 25.4 Å².